The number of hydrogen-bond acceptors (Lipinski definition) is 2. The van der Waals surface area contributed by atoms with Gasteiger partial charge in [-0.1, -0.05) is 12.2 Å². The Morgan fingerprint density at radius 3 is 1.79 bits per heavy atom. The number of hydrogen-bond donors (Lipinski definition) is 3. The Labute approximate surface area is 81.9 Å². The van der Waals surface area contributed by atoms with Crippen molar-refractivity contribution in [3.8, 4) is 0 Å². The molecule has 0 aliphatic heterocycles. The van der Waals surface area contributed by atoms with Crippen LogP contribution in [0.25, 0.3) is 0 Å². The van der Waals surface area contributed by atoms with E-state index in [1.54, 1.807) is 0 Å². The fraction of sp³-hybridized carbons (Fsp3) is 0.375. The summed E-state index contributed by atoms with van der Waals surface area (Å²) in [5, 5.41) is 6.72. The van der Waals surface area contributed by atoms with Crippen LogP contribution in [-0.2, 0) is 9.36 Å². The molecule has 0 spiro atoms. The molecule has 0 aliphatic carbocycles. The predicted octanol–water partition coefficient (Wildman–Crippen LogP) is 1.14. The molecule has 0 rings (SSSR count). The Balaban J connectivity index is 5.36. The van der Waals surface area contributed by atoms with Crippen LogP contribution in [0.4, 0.5) is 0 Å². The Kier molecular flexibility index (Phi) is 4.26. The summed E-state index contributed by atoms with van der Waals surface area (Å²) in [6, 6.07) is 0. The molecule has 0 aliphatic rings. The molecule has 14 heavy (non-hydrogen) atoms. The van der Waals surface area contributed by atoms with E-state index in [0.29, 0.717) is 0 Å². The molecule has 0 aromatic carbocycles. The van der Waals surface area contributed by atoms with Crippen molar-refractivity contribution >= 4 is 13.6 Å². The number of carboxylic acids is 1. The van der Waals surface area contributed by atoms with Gasteiger partial charge in [-0.15, -0.1) is 13.2 Å². The molecular weight excluding hydrogens is 207 g/mol. The zero-order chi connectivity index (χ0) is 11.4. The van der Waals surface area contributed by atoms with Crippen LogP contribution >= 0.6 is 7.60 Å². The second kappa shape index (κ2) is 4.55. The molecule has 0 amide bonds. The minimum absolute atomic E-state index is 0.293. The number of carboxylic acid groups (broad SMARTS) is 1. The van der Waals surface area contributed by atoms with E-state index in [1.165, 1.54) is 12.2 Å². The maximum absolute atomic E-state index is 11.1. The van der Waals surface area contributed by atoms with Gasteiger partial charge in [0.25, 0.3) is 0 Å². The zero-order valence-electron chi connectivity index (χ0n) is 7.59. The molecule has 0 fully saturated rings. The maximum Gasteiger partial charge on any atom is 0.343 e. The average molecular weight is 220 g/mol. The monoisotopic (exact) mass is 220 g/mol. The van der Waals surface area contributed by atoms with Gasteiger partial charge in [-0.05, 0) is 12.8 Å². The van der Waals surface area contributed by atoms with Crippen LogP contribution in [0.3, 0.4) is 0 Å². The third-order valence-electron chi connectivity index (χ3n) is 1.92. The van der Waals surface area contributed by atoms with Crippen molar-refractivity contribution in [2.24, 2.45) is 0 Å². The summed E-state index contributed by atoms with van der Waals surface area (Å²) in [7, 11) is -4.74. The summed E-state index contributed by atoms with van der Waals surface area (Å²) >= 11 is 0. The van der Waals surface area contributed by atoms with E-state index in [4.69, 9.17) is 14.9 Å². The smallest absolute Gasteiger partial charge is 0.343 e. The van der Waals surface area contributed by atoms with Gasteiger partial charge in [-0.2, -0.15) is 0 Å². The van der Waals surface area contributed by atoms with Crippen molar-refractivity contribution in [3.05, 3.63) is 25.3 Å². The highest BCUT2D eigenvalue weighted by molar-refractivity contribution is 7.54. The molecule has 0 saturated heterocycles. The first-order chi connectivity index (χ1) is 6.31. The third kappa shape index (κ3) is 2.32. The van der Waals surface area contributed by atoms with Gasteiger partial charge in [0.2, 0.25) is 0 Å². The molecule has 0 radical (unpaired) electrons. The first-order valence-electron chi connectivity index (χ1n) is 3.82. The van der Waals surface area contributed by atoms with E-state index in [-0.39, 0.29) is 12.8 Å². The lowest BCUT2D eigenvalue weighted by Gasteiger charge is -2.27. The highest BCUT2D eigenvalue weighted by Crippen LogP contribution is 2.55. The standard InChI is InChI=1S/C8H13O5P/c1-3-5-8(6-4-2,7(9)10)14(11,12)13/h3-4H,1-2,5-6H2,(H,9,10)(H2,11,12,13). The molecule has 80 valence electrons. The molecule has 3 N–H and O–H groups in total. The van der Waals surface area contributed by atoms with Crippen LogP contribution in [0.2, 0.25) is 0 Å². The average Bonchev–Trinajstić information content (AvgIpc) is 2.01. The Morgan fingerprint density at radius 1 is 1.29 bits per heavy atom. The minimum atomic E-state index is -4.74. The Morgan fingerprint density at radius 2 is 1.64 bits per heavy atom. The highest BCUT2D eigenvalue weighted by atomic mass is 31.2. The van der Waals surface area contributed by atoms with Crippen molar-refractivity contribution in [1.82, 2.24) is 0 Å². The van der Waals surface area contributed by atoms with Crippen LogP contribution in [0.1, 0.15) is 12.8 Å². The predicted molar refractivity (Wildman–Crippen MR) is 52.0 cm³/mol. The second-order valence-corrected chi connectivity index (χ2v) is 4.81. The molecule has 0 unspecified atom stereocenters. The Hall–Kier alpha value is -0.900. The minimum Gasteiger partial charge on any atom is -0.480 e. The molecule has 5 nitrogen and oxygen atoms in total. The van der Waals surface area contributed by atoms with Gasteiger partial charge < -0.3 is 14.9 Å². The van der Waals surface area contributed by atoms with E-state index in [9.17, 15) is 9.36 Å². The Bertz CT molecular complexity index is 280. The summed E-state index contributed by atoms with van der Waals surface area (Å²) < 4.78 is 11.1. The molecule has 0 heterocycles. The van der Waals surface area contributed by atoms with Gasteiger partial charge in [0, 0.05) is 0 Å². The first-order valence-corrected chi connectivity index (χ1v) is 5.44. The number of allylic oxidation sites excluding steroid dienone is 2. The molecule has 0 saturated carbocycles. The summed E-state index contributed by atoms with van der Waals surface area (Å²) in [5.41, 5.74) is 0. The fourth-order valence-electron chi connectivity index (χ4n) is 1.10. The van der Waals surface area contributed by atoms with E-state index >= 15 is 0 Å². The lowest BCUT2D eigenvalue weighted by molar-refractivity contribution is -0.140. The van der Waals surface area contributed by atoms with Crippen molar-refractivity contribution in [2.75, 3.05) is 0 Å². The van der Waals surface area contributed by atoms with Crippen molar-refractivity contribution in [1.29, 1.82) is 0 Å². The topological polar surface area (TPSA) is 94.8 Å². The molecule has 0 aromatic rings. The van der Waals surface area contributed by atoms with Crippen LogP contribution in [0.5, 0.6) is 0 Å². The van der Waals surface area contributed by atoms with Gasteiger partial charge in [0.15, 0.2) is 5.16 Å². The zero-order valence-corrected chi connectivity index (χ0v) is 8.48. The largest absolute Gasteiger partial charge is 0.480 e. The highest BCUT2D eigenvalue weighted by Gasteiger charge is 2.51. The van der Waals surface area contributed by atoms with Crippen LogP contribution < -0.4 is 0 Å². The molecule has 0 bridgehead atoms. The number of rotatable bonds is 6. The van der Waals surface area contributed by atoms with Gasteiger partial charge in [-0.3, -0.25) is 9.36 Å². The normalized spacial score (nSPS) is 12.1. The molecule has 0 aromatic heterocycles. The van der Waals surface area contributed by atoms with Crippen molar-refractivity contribution < 1.29 is 24.3 Å². The summed E-state index contributed by atoms with van der Waals surface area (Å²) in [5.74, 6) is -1.54. The summed E-state index contributed by atoms with van der Waals surface area (Å²) in [4.78, 5) is 28.9. The van der Waals surface area contributed by atoms with Gasteiger partial charge in [0.1, 0.15) is 0 Å². The van der Waals surface area contributed by atoms with Gasteiger partial charge in [0.05, 0.1) is 0 Å². The van der Waals surface area contributed by atoms with E-state index < -0.39 is 18.7 Å². The second-order valence-electron chi connectivity index (χ2n) is 2.87. The van der Waals surface area contributed by atoms with Crippen LogP contribution in [-0.4, -0.2) is 26.0 Å². The first kappa shape index (κ1) is 13.1. The van der Waals surface area contributed by atoms with Crippen LogP contribution in [0, 0.1) is 0 Å². The third-order valence-corrected chi connectivity index (χ3v) is 3.59. The molecule has 6 heteroatoms. The van der Waals surface area contributed by atoms with E-state index in [1.807, 2.05) is 0 Å². The van der Waals surface area contributed by atoms with Crippen molar-refractivity contribution in [2.45, 2.75) is 18.0 Å². The van der Waals surface area contributed by atoms with Crippen LogP contribution in [0.15, 0.2) is 25.3 Å². The van der Waals surface area contributed by atoms with E-state index in [0.717, 1.165) is 0 Å². The summed E-state index contributed by atoms with van der Waals surface area (Å²) in [6.45, 7) is 6.57. The molecular formula is C8H13O5P. The lowest BCUT2D eigenvalue weighted by atomic mass is 10.0. The maximum atomic E-state index is 11.1. The number of carbonyl (C=O) groups is 1. The quantitative estimate of drug-likeness (QED) is 0.461. The lowest BCUT2D eigenvalue weighted by Crippen LogP contribution is -2.37. The summed E-state index contributed by atoms with van der Waals surface area (Å²) in [6.07, 6.45) is 1.77. The van der Waals surface area contributed by atoms with Crippen molar-refractivity contribution in [3.63, 3.8) is 0 Å². The van der Waals surface area contributed by atoms with Gasteiger partial charge in [-0.25, -0.2) is 0 Å². The number of aliphatic carboxylic acids is 1. The molecule has 0 atom stereocenters. The van der Waals surface area contributed by atoms with E-state index in [2.05, 4.69) is 13.2 Å². The van der Waals surface area contributed by atoms with Gasteiger partial charge >= 0.3 is 13.6 Å². The fourth-order valence-corrected chi connectivity index (χ4v) is 2.08. The SMILES string of the molecule is C=CCC(CC=C)(C(=O)O)P(=O)(O)O.